The van der Waals surface area contributed by atoms with E-state index in [0.717, 1.165) is 18.4 Å². The van der Waals surface area contributed by atoms with Crippen LogP contribution in [-0.2, 0) is 16.6 Å². The first-order valence-electron chi connectivity index (χ1n) is 6.26. The van der Waals surface area contributed by atoms with E-state index in [1.165, 1.54) is 4.31 Å². The molecule has 0 bridgehead atoms. The van der Waals surface area contributed by atoms with Gasteiger partial charge in [0.1, 0.15) is 5.84 Å². The molecule has 0 radical (unpaired) electrons. The third kappa shape index (κ3) is 3.78. The summed E-state index contributed by atoms with van der Waals surface area (Å²) in [5.74, 6) is 0.581. The first-order chi connectivity index (χ1) is 8.88. The van der Waals surface area contributed by atoms with Crippen molar-refractivity contribution in [3.05, 3.63) is 35.4 Å². The Morgan fingerprint density at radius 1 is 1.47 bits per heavy atom. The third-order valence-corrected chi connectivity index (χ3v) is 5.23. The molecule has 1 saturated carbocycles. The van der Waals surface area contributed by atoms with Gasteiger partial charge in [0.15, 0.2) is 0 Å². The minimum Gasteiger partial charge on any atom is -0.384 e. The van der Waals surface area contributed by atoms with Crippen LogP contribution < -0.4 is 5.73 Å². The van der Waals surface area contributed by atoms with Gasteiger partial charge in [0.2, 0.25) is 10.0 Å². The molecule has 104 valence electrons. The Morgan fingerprint density at radius 3 is 2.74 bits per heavy atom. The number of amidine groups is 1. The highest BCUT2D eigenvalue weighted by atomic mass is 32.2. The molecule has 0 aliphatic heterocycles. The molecule has 1 aromatic rings. The lowest BCUT2D eigenvalue weighted by atomic mass is 10.1. The Kier molecular flexibility index (Phi) is 3.91. The van der Waals surface area contributed by atoms with E-state index in [0.29, 0.717) is 18.0 Å². The van der Waals surface area contributed by atoms with Crippen molar-refractivity contribution in [3.8, 4) is 0 Å². The summed E-state index contributed by atoms with van der Waals surface area (Å²) in [6, 6.07) is 7.12. The van der Waals surface area contributed by atoms with Crippen LogP contribution in [0.5, 0.6) is 0 Å². The highest BCUT2D eigenvalue weighted by Crippen LogP contribution is 2.31. The molecular formula is C13H19N3O2S. The summed E-state index contributed by atoms with van der Waals surface area (Å²) >= 11 is 0. The summed E-state index contributed by atoms with van der Waals surface area (Å²) in [6.45, 7) is 0.316. The lowest BCUT2D eigenvalue weighted by Crippen LogP contribution is -2.29. The number of nitrogens with two attached hydrogens (primary N) is 1. The monoisotopic (exact) mass is 281 g/mol. The summed E-state index contributed by atoms with van der Waals surface area (Å²) < 4.78 is 25.5. The highest BCUT2D eigenvalue weighted by molar-refractivity contribution is 7.89. The molecule has 6 heteroatoms. The summed E-state index contributed by atoms with van der Waals surface area (Å²) in [4.78, 5) is 0. The molecule has 0 amide bonds. The Balaban J connectivity index is 2.07. The average Bonchev–Trinajstić information content (AvgIpc) is 3.12. The number of nitrogens with zero attached hydrogens (tertiary/aromatic N) is 1. The summed E-state index contributed by atoms with van der Waals surface area (Å²) in [5, 5.41) is 7.38. The van der Waals surface area contributed by atoms with Crippen molar-refractivity contribution in [3.63, 3.8) is 0 Å². The summed E-state index contributed by atoms with van der Waals surface area (Å²) in [5.41, 5.74) is 6.88. The van der Waals surface area contributed by atoms with Crippen molar-refractivity contribution >= 4 is 15.9 Å². The van der Waals surface area contributed by atoms with Crippen LogP contribution in [0.25, 0.3) is 0 Å². The molecular weight excluding hydrogens is 262 g/mol. The van der Waals surface area contributed by atoms with Crippen molar-refractivity contribution in [2.75, 3.05) is 12.8 Å². The van der Waals surface area contributed by atoms with Gasteiger partial charge in [0.25, 0.3) is 0 Å². The topological polar surface area (TPSA) is 87.2 Å². The SMILES string of the molecule is CN(Cc1cccc(C(=N)N)c1)S(=O)(=O)CC1CC1. The molecule has 0 heterocycles. The minimum absolute atomic E-state index is 0.00894. The fourth-order valence-corrected chi connectivity index (χ4v) is 3.43. The van der Waals surface area contributed by atoms with Crippen LogP contribution in [-0.4, -0.2) is 31.4 Å². The van der Waals surface area contributed by atoms with Crippen LogP contribution in [0.15, 0.2) is 24.3 Å². The van der Waals surface area contributed by atoms with Gasteiger partial charge in [0, 0.05) is 19.2 Å². The summed E-state index contributed by atoms with van der Waals surface area (Å²) in [6.07, 6.45) is 2.04. The van der Waals surface area contributed by atoms with Crippen molar-refractivity contribution in [1.29, 1.82) is 5.41 Å². The van der Waals surface area contributed by atoms with Gasteiger partial charge in [-0.3, -0.25) is 5.41 Å². The molecule has 0 unspecified atom stereocenters. The molecule has 0 aromatic heterocycles. The first-order valence-corrected chi connectivity index (χ1v) is 7.87. The van der Waals surface area contributed by atoms with Gasteiger partial charge >= 0.3 is 0 Å². The lowest BCUT2D eigenvalue weighted by molar-refractivity contribution is 0.464. The Bertz CT molecular complexity index is 579. The van der Waals surface area contributed by atoms with Crippen LogP contribution in [0.1, 0.15) is 24.0 Å². The lowest BCUT2D eigenvalue weighted by Gasteiger charge is -2.17. The van der Waals surface area contributed by atoms with E-state index in [1.54, 1.807) is 25.2 Å². The zero-order valence-electron chi connectivity index (χ0n) is 11.0. The van der Waals surface area contributed by atoms with E-state index in [4.69, 9.17) is 11.1 Å². The van der Waals surface area contributed by atoms with Gasteiger partial charge in [-0.15, -0.1) is 0 Å². The molecule has 3 N–H and O–H groups in total. The number of rotatable bonds is 6. The van der Waals surface area contributed by atoms with E-state index in [1.807, 2.05) is 6.07 Å². The largest absolute Gasteiger partial charge is 0.384 e. The van der Waals surface area contributed by atoms with Crippen molar-refractivity contribution in [2.45, 2.75) is 19.4 Å². The molecule has 5 nitrogen and oxygen atoms in total. The van der Waals surface area contributed by atoms with Crippen molar-refractivity contribution in [1.82, 2.24) is 4.31 Å². The number of nitrogens with one attached hydrogen (secondary N) is 1. The molecule has 1 aliphatic carbocycles. The normalized spacial score (nSPS) is 15.7. The molecule has 1 aromatic carbocycles. The molecule has 0 saturated heterocycles. The zero-order valence-corrected chi connectivity index (χ0v) is 11.8. The first kappa shape index (κ1) is 14.0. The second-order valence-corrected chi connectivity index (χ2v) is 7.21. The molecule has 0 atom stereocenters. The maximum Gasteiger partial charge on any atom is 0.214 e. The molecule has 1 aliphatic rings. The Labute approximate surface area is 114 Å². The third-order valence-electron chi connectivity index (χ3n) is 3.26. The van der Waals surface area contributed by atoms with Crippen molar-refractivity contribution in [2.24, 2.45) is 11.7 Å². The van der Waals surface area contributed by atoms with Crippen LogP contribution >= 0.6 is 0 Å². The van der Waals surface area contributed by atoms with Gasteiger partial charge in [-0.25, -0.2) is 12.7 Å². The second kappa shape index (κ2) is 5.30. The number of sulfonamides is 1. The number of hydrogen-bond donors (Lipinski definition) is 2. The quantitative estimate of drug-likeness (QED) is 0.605. The van der Waals surface area contributed by atoms with E-state index in [2.05, 4.69) is 0 Å². The van der Waals surface area contributed by atoms with E-state index in [-0.39, 0.29) is 11.6 Å². The standard InChI is InChI=1S/C13H19N3O2S/c1-16(19(17,18)9-10-5-6-10)8-11-3-2-4-12(7-11)13(14)15/h2-4,7,10H,5-6,8-9H2,1H3,(H3,14,15). The smallest absolute Gasteiger partial charge is 0.214 e. The minimum atomic E-state index is -3.18. The molecule has 19 heavy (non-hydrogen) atoms. The Hall–Kier alpha value is -1.40. The molecule has 2 rings (SSSR count). The maximum atomic E-state index is 12.1. The predicted molar refractivity (Wildman–Crippen MR) is 75.4 cm³/mol. The van der Waals surface area contributed by atoms with Gasteiger partial charge in [-0.1, -0.05) is 18.2 Å². The highest BCUT2D eigenvalue weighted by Gasteiger charge is 2.30. The van der Waals surface area contributed by atoms with E-state index < -0.39 is 10.0 Å². The van der Waals surface area contributed by atoms with Gasteiger partial charge in [-0.05, 0) is 30.4 Å². The second-order valence-electron chi connectivity index (χ2n) is 5.09. The fourth-order valence-electron chi connectivity index (χ4n) is 1.90. The molecule has 0 spiro atoms. The average molecular weight is 281 g/mol. The van der Waals surface area contributed by atoms with E-state index >= 15 is 0 Å². The molecule has 1 fully saturated rings. The summed E-state index contributed by atoms with van der Waals surface area (Å²) in [7, 11) is -1.58. The maximum absolute atomic E-state index is 12.1. The number of hydrogen-bond acceptors (Lipinski definition) is 3. The van der Waals surface area contributed by atoms with Gasteiger partial charge < -0.3 is 5.73 Å². The number of nitrogen functional groups attached to an aromatic ring is 1. The van der Waals surface area contributed by atoms with Crippen molar-refractivity contribution < 1.29 is 8.42 Å². The predicted octanol–water partition coefficient (Wildman–Crippen LogP) is 1.14. The van der Waals surface area contributed by atoms with Gasteiger partial charge in [-0.2, -0.15) is 0 Å². The fraction of sp³-hybridized carbons (Fsp3) is 0.462. The van der Waals surface area contributed by atoms with Crippen LogP contribution in [0.4, 0.5) is 0 Å². The van der Waals surface area contributed by atoms with Gasteiger partial charge in [0.05, 0.1) is 5.75 Å². The van der Waals surface area contributed by atoms with Crippen LogP contribution in [0.3, 0.4) is 0 Å². The zero-order chi connectivity index (χ0) is 14.0. The number of benzene rings is 1. The van der Waals surface area contributed by atoms with Crippen LogP contribution in [0, 0.1) is 11.3 Å². The Morgan fingerprint density at radius 2 is 2.16 bits per heavy atom. The van der Waals surface area contributed by atoms with E-state index in [9.17, 15) is 8.42 Å². The van der Waals surface area contributed by atoms with Crippen LogP contribution in [0.2, 0.25) is 0 Å².